The van der Waals surface area contributed by atoms with Crippen molar-refractivity contribution in [2.24, 2.45) is 5.92 Å². The molecule has 1 aromatic carbocycles. The molecule has 2 aliphatic rings. The minimum absolute atomic E-state index is 0.0388. The first-order chi connectivity index (χ1) is 12.0. The first-order valence-electron chi connectivity index (χ1n) is 9.78. The fourth-order valence-corrected chi connectivity index (χ4v) is 4.73. The van der Waals surface area contributed by atoms with Crippen LogP contribution in [0.4, 0.5) is 0 Å². The molecule has 0 aliphatic carbocycles. The lowest BCUT2D eigenvalue weighted by Crippen LogP contribution is -2.52. The number of hydrogen-bond acceptors (Lipinski definition) is 3. The molecule has 138 valence electrons. The van der Waals surface area contributed by atoms with E-state index in [0.717, 1.165) is 31.5 Å². The van der Waals surface area contributed by atoms with Crippen LogP contribution in [-0.2, 0) is 4.79 Å². The van der Waals surface area contributed by atoms with Gasteiger partial charge >= 0.3 is 0 Å². The standard InChI is InChI=1S/C21H32N2O2/c1-15-9-10-16(2)23(15)17(3)21(25)22-13-11-19(12-14-22)20(24)18-7-5-4-6-8-18/h4-8,15-17,19-20,24H,9-14H2,1-3H3. The molecule has 4 heteroatoms. The van der Waals surface area contributed by atoms with Crippen molar-refractivity contribution in [2.45, 2.75) is 70.7 Å². The summed E-state index contributed by atoms with van der Waals surface area (Å²) in [6, 6.07) is 10.8. The van der Waals surface area contributed by atoms with Crippen molar-refractivity contribution in [2.75, 3.05) is 13.1 Å². The summed E-state index contributed by atoms with van der Waals surface area (Å²) in [6.07, 6.45) is 3.70. The number of carbonyl (C=O) groups is 1. The van der Waals surface area contributed by atoms with Crippen LogP contribution in [0.15, 0.2) is 30.3 Å². The summed E-state index contributed by atoms with van der Waals surface area (Å²) in [4.78, 5) is 17.3. The maximum Gasteiger partial charge on any atom is 0.239 e. The monoisotopic (exact) mass is 344 g/mol. The van der Waals surface area contributed by atoms with Crippen molar-refractivity contribution in [1.82, 2.24) is 9.80 Å². The molecule has 1 amide bonds. The van der Waals surface area contributed by atoms with Crippen LogP contribution in [-0.4, -0.2) is 52.0 Å². The van der Waals surface area contributed by atoms with Gasteiger partial charge in [-0.1, -0.05) is 30.3 Å². The van der Waals surface area contributed by atoms with Crippen LogP contribution in [0.25, 0.3) is 0 Å². The Labute approximate surface area is 151 Å². The van der Waals surface area contributed by atoms with Crippen molar-refractivity contribution >= 4 is 5.91 Å². The van der Waals surface area contributed by atoms with Crippen molar-refractivity contribution in [1.29, 1.82) is 0 Å². The number of amides is 1. The number of piperidine rings is 1. The zero-order valence-corrected chi connectivity index (χ0v) is 15.8. The first kappa shape index (κ1) is 18.4. The van der Waals surface area contributed by atoms with Gasteiger partial charge in [0, 0.05) is 25.2 Å². The lowest BCUT2D eigenvalue weighted by atomic mass is 9.87. The average molecular weight is 344 g/mol. The molecule has 0 spiro atoms. The van der Waals surface area contributed by atoms with Crippen LogP contribution < -0.4 is 0 Å². The Morgan fingerprint density at radius 3 is 2.16 bits per heavy atom. The number of nitrogens with zero attached hydrogens (tertiary/aromatic N) is 2. The van der Waals surface area contributed by atoms with Crippen molar-refractivity contribution in [3.8, 4) is 0 Å². The molecule has 25 heavy (non-hydrogen) atoms. The first-order valence-corrected chi connectivity index (χ1v) is 9.78. The van der Waals surface area contributed by atoms with Gasteiger partial charge in [0.25, 0.3) is 0 Å². The van der Waals surface area contributed by atoms with Crippen LogP contribution >= 0.6 is 0 Å². The number of carbonyl (C=O) groups excluding carboxylic acids is 1. The van der Waals surface area contributed by atoms with Gasteiger partial charge in [-0.15, -0.1) is 0 Å². The number of rotatable bonds is 4. The molecular formula is C21H32N2O2. The molecule has 1 N–H and O–H groups in total. The van der Waals surface area contributed by atoms with E-state index in [1.54, 1.807) is 0 Å². The highest BCUT2D eigenvalue weighted by Crippen LogP contribution is 2.32. The second-order valence-corrected chi connectivity index (χ2v) is 7.92. The van der Waals surface area contributed by atoms with E-state index in [0.29, 0.717) is 12.1 Å². The summed E-state index contributed by atoms with van der Waals surface area (Å²) in [5.74, 6) is 0.500. The average Bonchev–Trinajstić information content (AvgIpc) is 2.99. The summed E-state index contributed by atoms with van der Waals surface area (Å²) in [5, 5.41) is 10.6. The van der Waals surface area contributed by atoms with E-state index in [1.165, 1.54) is 12.8 Å². The summed E-state index contributed by atoms with van der Waals surface area (Å²) in [6.45, 7) is 8.04. The molecule has 2 heterocycles. The molecule has 2 aliphatic heterocycles. The Morgan fingerprint density at radius 2 is 1.60 bits per heavy atom. The van der Waals surface area contributed by atoms with E-state index < -0.39 is 6.10 Å². The van der Waals surface area contributed by atoms with E-state index in [9.17, 15) is 9.90 Å². The van der Waals surface area contributed by atoms with Gasteiger partial charge in [0.05, 0.1) is 12.1 Å². The second kappa shape index (κ2) is 7.88. The van der Waals surface area contributed by atoms with Crippen LogP contribution in [0.5, 0.6) is 0 Å². The highest BCUT2D eigenvalue weighted by molar-refractivity contribution is 5.81. The van der Waals surface area contributed by atoms with Crippen molar-refractivity contribution in [3.05, 3.63) is 35.9 Å². The fourth-order valence-electron chi connectivity index (χ4n) is 4.73. The van der Waals surface area contributed by atoms with E-state index in [1.807, 2.05) is 35.2 Å². The van der Waals surface area contributed by atoms with Crippen LogP contribution in [0, 0.1) is 5.92 Å². The fraction of sp³-hybridized carbons (Fsp3) is 0.667. The molecular weight excluding hydrogens is 312 g/mol. The number of aliphatic hydroxyl groups is 1. The molecule has 0 radical (unpaired) electrons. The molecule has 0 saturated carbocycles. The third kappa shape index (κ3) is 3.90. The zero-order valence-electron chi connectivity index (χ0n) is 15.8. The predicted molar refractivity (Wildman–Crippen MR) is 100 cm³/mol. The topological polar surface area (TPSA) is 43.8 Å². The summed E-state index contributed by atoms with van der Waals surface area (Å²) in [5.41, 5.74) is 0.986. The molecule has 4 atom stereocenters. The second-order valence-electron chi connectivity index (χ2n) is 7.92. The van der Waals surface area contributed by atoms with Crippen LogP contribution in [0.1, 0.15) is 58.1 Å². The third-order valence-corrected chi connectivity index (χ3v) is 6.26. The Morgan fingerprint density at radius 1 is 1.04 bits per heavy atom. The number of likely N-dealkylation sites (tertiary alicyclic amines) is 2. The Kier molecular flexibility index (Phi) is 5.80. The van der Waals surface area contributed by atoms with Gasteiger partial charge in [0.15, 0.2) is 0 Å². The molecule has 1 aromatic rings. The number of hydrogen-bond donors (Lipinski definition) is 1. The minimum atomic E-state index is -0.422. The summed E-state index contributed by atoms with van der Waals surface area (Å²) >= 11 is 0. The molecule has 3 rings (SSSR count). The Hall–Kier alpha value is -1.39. The van der Waals surface area contributed by atoms with E-state index in [4.69, 9.17) is 0 Å². The quantitative estimate of drug-likeness (QED) is 0.912. The van der Waals surface area contributed by atoms with E-state index in [2.05, 4.69) is 25.7 Å². The van der Waals surface area contributed by atoms with Gasteiger partial charge in [-0.3, -0.25) is 9.69 Å². The van der Waals surface area contributed by atoms with Crippen LogP contribution in [0.3, 0.4) is 0 Å². The van der Waals surface area contributed by atoms with Gasteiger partial charge in [-0.2, -0.15) is 0 Å². The van der Waals surface area contributed by atoms with Gasteiger partial charge in [-0.05, 0) is 57.9 Å². The minimum Gasteiger partial charge on any atom is -0.388 e. The lowest BCUT2D eigenvalue weighted by molar-refractivity contribution is -0.139. The number of aliphatic hydroxyl groups excluding tert-OH is 1. The SMILES string of the molecule is CC1CCC(C)N1C(C)C(=O)N1CCC(C(O)c2ccccc2)CC1. The van der Waals surface area contributed by atoms with Gasteiger partial charge in [-0.25, -0.2) is 0 Å². The maximum absolute atomic E-state index is 12.9. The normalized spacial score (nSPS) is 28.1. The summed E-state index contributed by atoms with van der Waals surface area (Å²) in [7, 11) is 0. The molecule has 4 unspecified atom stereocenters. The lowest BCUT2D eigenvalue weighted by Gasteiger charge is -2.39. The van der Waals surface area contributed by atoms with Crippen molar-refractivity contribution in [3.63, 3.8) is 0 Å². The highest BCUT2D eigenvalue weighted by atomic mass is 16.3. The van der Waals surface area contributed by atoms with Gasteiger partial charge < -0.3 is 10.0 Å². The Bertz CT molecular complexity index is 559. The van der Waals surface area contributed by atoms with Gasteiger partial charge in [0.2, 0.25) is 5.91 Å². The van der Waals surface area contributed by atoms with Gasteiger partial charge in [0.1, 0.15) is 0 Å². The largest absolute Gasteiger partial charge is 0.388 e. The number of benzene rings is 1. The zero-order chi connectivity index (χ0) is 18.0. The maximum atomic E-state index is 12.9. The summed E-state index contributed by atoms with van der Waals surface area (Å²) < 4.78 is 0. The Balaban J connectivity index is 1.56. The van der Waals surface area contributed by atoms with Crippen molar-refractivity contribution < 1.29 is 9.90 Å². The molecule has 4 nitrogen and oxygen atoms in total. The van der Waals surface area contributed by atoms with E-state index >= 15 is 0 Å². The molecule has 2 saturated heterocycles. The van der Waals surface area contributed by atoms with Crippen LogP contribution in [0.2, 0.25) is 0 Å². The molecule has 2 fully saturated rings. The molecule has 0 bridgehead atoms. The molecule has 0 aromatic heterocycles. The smallest absolute Gasteiger partial charge is 0.239 e. The predicted octanol–water partition coefficient (Wildman–Crippen LogP) is 3.22. The van der Waals surface area contributed by atoms with E-state index in [-0.39, 0.29) is 17.9 Å². The highest BCUT2D eigenvalue weighted by Gasteiger charge is 2.37. The third-order valence-electron chi connectivity index (χ3n) is 6.26.